The maximum Gasteiger partial charge on any atom is 0.337 e. The van der Waals surface area contributed by atoms with Gasteiger partial charge in [-0.3, -0.25) is 4.57 Å². The summed E-state index contributed by atoms with van der Waals surface area (Å²) in [6.45, 7) is 10.3. The molecule has 0 aromatic heterocycles. The lowest BCUT2D eigenvalue weighted by molar-refractivity contribution is -0.162. The molecule has 0 heterocycles. The van der Waals surface area contributed by atoms with Crippen molar-refractivity contribution in [3.05, 3.63) is 30.3 Å². The molecule has 0 aliphatic heterocycles. The Balaban J connectivity index is 2.80. The number of para-hydroxylation sites is 1. The quantitative estimate of drug-likeness (QED) is 0.588. The largest absolute Gasteiger partial charge is 0.463 e. The molecule has 0 aliphatic carbocycles. The maximum atomic E-state index is 13.4. The lowest BCUT2D eigenvalue weighted by atomic mass is 10.1. The van der Waals surface area contributed by atoms with Crippen LogP contribution in [0.4, 0.5) is 0 Å². The van der Waals surface area contributed by atoms with E-state index in [1.807, 2.05) is 45.9 Å². The third kappa shape index (κ3) is 5.95. The summed E-state index contributed by atoms with van der Waals surface area (Å²) in [6.07, 6.45) is 0.282. The van der Waals surface area contributed by atoms with Gasteiger partial charge in [-0.1, -0.05) is 45.9 Å². The number of rotatable bonds is 7. The first-order valence-corrected chi connectivity index (χ1v) is 9.89. The first-order chi connectivity index (χ1) is 10.8. The molecule has 0 fully saturated rings. The summed E-state index contributed by atoms with van der Waals surface area (Å²) in [5.41, 5.74) is -1.53. The van der Waals surface area contributed by atoms with E-state index in [2.05, 4.69) is 0 Å². The first kappa shape index (κ1) is 20.7. The van der Waals surface area contributed by atoms with Crippen molar-refractivity contribution in [3.8, 4) is 5.75 Å². The van der Waals surface area contributed by atoms with Crippen molar-refractivity contribution >= 4 is 13.3 Å². The van der Waals surface area contributed by atoms with Crippen LogP contribution in [0.1, 0.15) is 41.5 Å². The van der Waals surface area contributed by atoms with Gasteiger partial charge in [0.15, 0.2) is 5.60 Å². The number of benzene rings is 1. The molecule has 1 rings (SSSR count). The highest BCUT2D eigenvalue weighted by atomic mass is 31.2. The third-order valence-corrected chi connectivity index (χ3v) is 7.22. The van der Waals surface area contributed by atoms with Gasteiger partial charge < -0.3 is 14.4 Å². The highest BCUT2D eigenvalue weighted by Crippen LogP contribution is 2.59. The van der Waals surface area contributed by atoms with E-state index in [0.717, 1.165) is 0 Å². The van der Waals surface area contributed by atoms with E-state index >= 15 is 0 Å². The van der Waals surface area contributed by atoms with Crippen LogP contribution < -0.4 is 4.52 Å². The molecule has 2 atom stereocenters. The Morgan fingerprint density at radius 2 is 1.71 bits per heavy atom. The number of ether oxygens (including phenoxy) is 1. The van der Waals surface area contributed by atoms with E-state index in [4.69, 9.17) is 9.26 Å². The van der Waals surface area contributed by atoms with Crippen molar-refractivity contribution in [2.75, 3.05) is 12.8 Å². The van der Waals surface area contributed by atoms with Gasteiger partial charge in [0.2, 0.25) is 0 Å². The van der Waals surface area contributed by atoms with Crippen molar-refractivity contribution in [3.63, 3.8) is 0 Å². The van der Waals surface area contributed by atoms with E-state index in [-0.39, 0.29) is 18.7 Å². The normalized spacial score (nSPS) is 16.1. The minimum Gasteiger partial charge on any atom is -0.463 e. The van der Waals surface area contributed by atoms with Crippen molar-refractivity contribution < 1.29 is 23.7 Å². The summed E-state index contributed by atoms with van der Waals surface area (Å²) in [6, 6.07) is 9.08. The maximum absolute atomic E-state index is 13.4. The zero-order valence-corrected chi connectivity index (χ0v) is 16.3. The fourth-order valence-corrected chi connectivity index (χ4v) is 4.24. The number of hydrogen-bond acceptors (Lipinski definition) is 5. The lowest BCUT2D eigenvalue weighted by Crippen LogP contribution is -2.34. The molecule has 0 spiro atoms. The minimum atomic E-state index is -3.04. The molecule has 1 aromatic rings. The van der Waals surface area contributed by atoms with Crippen LogP contribution in [0, 0.1) is 5.92 Å². The van der Waals surface area contributed by atoms with E-state index < -0.39 is 24.1 Å². The Hall–Kier alpha value is -1.32. The molecule has 1 aromatic carbocycles. The second kappa shape index (κ2) is 7.71. The number of carbonyl (C=O) groups excluding carboxylic acids is 1. The lowest BCUT2D eigenvalue weighted by Gasteiger charge is -2.33. The first-order valence-electron chi connectivity index (χ1n) is 8.08. The van der Waals surface area contributed by atoms with Crippen LogP contribution in [0.25, 0.3) is 0 Å². The van der Waals surface area contributed by atoms with Gasteiger partial charge in [0.05, 0.1) is 6.61 Å². The van der Waals surface area contributed by atoms with Crippen LogP contribution in [-0.2, 0) is 14.1 Å². The summed E-state index contributed by atoms with van der Waals surface area (Å²) in [4.78, 5) is 11.7. The van der Waals surface area contributed by atoms with Crippen LogP contribution in [0.15, 0.2) is 30.3 Å². The summed E-state index contributed by atoms with van der Waals surface area (Å²) in [7, 11) is -3.04. The fourth-order valence-electron chi connectivity index (χ4n) is 1.96. The molecule has 1 unspecified atom stereocenters. The molecular weight excluding hydrogens is 327 g/mol. The Morgan fingerprint density at radius 1 is 1.17 bits per heavy atom. The number of hydrogen-bond donors (Lipinski definition) is 1. The zero-order valence-electron chi connectivity index (χ0n) is 15.4. The highest BCUT2D eigenvalue weighted by molar-refractivity contribution is 7.61. The Labute approximate surface area is 144 Å². The van der Waals surface area contributed by atoms with Gasteiger partial charge in [-0.2, -0.15) is 0 Å². The standard InChI is InChI=1S/C18H29O5P/c1-14(12-22-16(19)18(5,6)20)13-24(21,17(2,3)4)23-15-10-8-7-9-11-15/h7-11,14,20H,12-13H2,1-6H3/t14-,24?/m0/s1. The summed E-state index contributed by atoms with van der Waals surface area (Å²) in [5, 5.41) is 9.06. The van der Waals surface area contributed by atoms with Gasteiger partial charge in [-0.05, 0) is 26.0 Å². The van der Waals surface area contributed by atoms with Crippen molar-refractivity contribution in [1.29, 1.82) is 0 Å². The van der Waals surface area contributed by atoms with E-state index in [9.17, 15) is 14.5 Å². The van der Waals surface area contributed by atoms with Crippen LogP contribution in [0.3, 0.4) is 0 Å². The van der Waals surface area contributed by atoms with E-state index in [1.54, 1.807) is 12.1 Å². The second-order valence-corrected chi connectivity index (χ2v) is 10.9. The topological polar surface area (TPSA) is 72.8 Å². The van der Waals surface area contributed by atoms with Gasteiger partial charge in [-0.25, -0.2) is 4.79 Å². The molecule has 0 saturated heterocycles. The second-order valence-electron chi connectivity index (χ2n) is 7.69. The monoisotopic (exact) mass is 356 g/mol. The molecule has 24 heavy (non-hydrogen) atoms. The van der Waals surface area contributed by atoms with E-state index in [1.165, 1.54) is 13.8 Å². The molecule has 136 valence electrons. The Morgan fingerprint density at radius 3 is 2.17 bits per heavy atom. The molecule has 0 saturated carbocycles. The SMILES string of the molecule is C[C@@H](COC(=O)C(C)(C)O)CP(=O)(Oc1ccccc1)C(C)(C)C. The molecule has 0 amide bonds. The predicted molar refractivity (Wildman–Crippen MR) is 95.7 cm³/mol. The average Bonchev–Trinajstić information content (AvgIpc) is 2.43. The van der Waals surface area contributed by atoms with Crippen molar-refractivity contribution in [2.24, 2.45) is 5.92 Å². The number of aliphatic hydroxyl groups is 1. The van der Waals surface area contributed by atoms with Crippen molar-refractivity contribution in [2.45, 2.75) is 52.3 Å². The molecule has 5 nitrogen and oxygen atoms in total. The fraction of sp³-hybridized carbons (Fsp3) is 0.611. The number of carbonyl (C=O) groups is 1. The van der Waals surface area contributed by atoms with Crippen LogP contribution in [0.2, 0.25) is 0 Å². The molecule has 6 heteroatoms. The van der Waals surface area contributed by atoms with Gasteiger partial charge in [0.25, 0.3) is 7.37 Å². The Kier molecular flexibility index (Phi) is 6.66. The average molecular weight is 356 g/mol. The zero-order chi connectivity index (χ0) is 18.6. The molecule has 0 aliphatic rings. The van der Waals surface area contributed by atoms with Crippen molar-refractivity contribution in [1.82, 2.24) is 0 Å². The van der Waals surface area contributed by atoms with Gasteiger partial charge in [0, 0.05) is 17.2 Å². The molecule has 1 N–H and O–H groups in total. The molecule has 0 bridgehead atoms. The molecule has 0 radical (unpaired) electrons. The van der Waals surface area contributed by atoms with Crippen LogP contribution in [-0.4, -0.2) is 34.6 Å². The smallest absolute Gasteiger partial charge is 0.337 e. The third-order valence-electron chi connectivity index (χ3n) is 3.57. The van der Waals surface area contributed by atoms with Gasteiger partial charge in [0.1, 0.15) is 5.75 Å². The van der Waals surface area contributed by atoms with Crippen LogP contribution in [0.5, 0.6) is 5.75 Å². The summed E-state index contributed by atoms with van der Waals surface area (Å²) in [5.74, 6) is -0.287. The van der Waals surface area contributed by atoms with Crippen LogP contribution >= 0.6 is 7.37 Å². The van der Waals surface area contributed by atoms with Gasteiger partial charge in [-0.15, -0.1) is 0 Å². The summed E-state index contributed by atoms with van der Waals surface area (Å²) >= 11 is 0. The Bertz CT molecular complexity index is 584. The minimum absolute atomic E-state index is 0.0844. The highest BCUT2D eigenvalue weighted by Gasteiger charge is 2.40. The summed E-state index contributed by atoms with van der Waals surface area (Å²) < 4.78 is 24.4. The predicted octanol–water partition coefficient (Wildman–Crippen LogP) is 4.09. The van der Waals surface area contributed by atoms with E-state index in [0.29, 0.717) is 5.75 Å². The van der Waals surface area contributed by atoms with Gasteiger partial charge >= 0.3 is 5.97 Å². The molecular formula is C18H29O5P. The number of esters is 1.